The van der Waals surface area contributed by atoms with Gasteiger partial charge in [0.25, 0.3) is 0 Å². The Morgan fingerprint density at radius 1 is 1.00 bits per heavy atom. The van der Waals surface area contributed by atoms with Gasteiger partial charge in [0, 0.05) is 10.6 Å². The quantitative estimate of drug-likeness (QED) is 0.635. The van der Waals surface area contributed by atoms with Gasteiger partial charge in [0.2, 0.25) is 0 Å². The minimum atomic E-state index is -0.420. The summed E-state index contributed by atoms with van der Waals surface area (Å²) in [6.07, 6.45) is 6.91. The zero-order chi connectivity index (χ0) is 11.3. The molecule has 0 unspecified atom stereocenters. The van der Waals surface area contributed by atoms with Crippen molar-refractivity contribution in [3.05, 3.63) is 30.3 Å². The third kappa shape index (κ3) is 3.53. The van der Waals surface area contributed by atoms with Crippen LogP contribution in [0.2, 0.25) is 0 Å². The Balaban J connectivity index is 1.88. The van der Waals surface area contributed by atoms with E-state index in [1.165, 1.54) is 30.6 Å². The van der Waals surface area contributed by atoms with Crippen LogP contribution >= 0.6 is 11.8 Å². The molecular weight excluding hydrogens is 216 g/mol. The summed E-state index contributed by atoms with van der Waals surface area (Å²) < 4.78 is 0. The van der Waals surface area contributed by atoms with Crippen molar-refractivity contribution in [2.75, 3.05) is 5.75 Å². The van der Waals surface area contributed by atoms with E-state index in [9.17, 15) is 5.11 Å². The summed E-state index contributed by atoms with van der Waals surface area (Å²) in [5.41, 5.74) is -0.420. The minimum absolute atomic E-state index is 0.420. The third-order valence-electron chi connectivity index (χ3n) is 3.28. The van der Waals surface area contributed by atoms with Crippen molar-refractivity contribution < 1.29 is 5.11 Å². The Hall–Kier alpha value is -0.470. The summed E-state index contributed by atoms with van der Waals surface area (Å²) in [6.45, 7) is 0. The van der Waals surface area contributed by atoms with Gasteiger partial charge in [-0.15, -0.1) is 11.8 Å². The molecule has 0 heterocycles. The van der Waals surface area contributed by atoms with Crippen molar-refractivity contribution in [3.63, 3.8) is 0 Å². The van der Waals surface area contributed by atoms with E-state index in [2.05, 4.69) is 24.3 Å². The first-order valence-electron chi connectivity index (χ1n) is 6.19. The third-order valence-corrected chi connectivity index (χ3v) is 4.57. The molecule has 0 saturated heterocycles. The average Bonchev–Trinajstić information content (AvgIpc) is 2.54. The van der Waals surface area contributed by atoms with Gasteiger partial charge in [-0.2, -0.15) is 0 Å². The number of benzene rings is 1. The van der Waals surface area contributed by atoms with Gasteiger partial charge in [-0.05, 0) is 25.0 Å². The molecule has 0 aromatic heterocycles. The van der Waals surface area contributed by atoms with Gasteiger partial charge in [-0.25, -0.2) is 0 Å². The first-order chi connectivity index (χ1) is 7.79. The molecule has 0 spiro atoms. The molecule has 1 aliphatic carbocycles. The molecule has 0 aliphatic heterocycles. The fourth-order valence-corrected chi connectivity index (χ4v) is 3.34. The SMILES string of the molecule is OC1(CSc2ccccc2)CCCCCC1. The standard InChI is InChI=1S/C14H20OS/c15-14(10-6-1-2-7-11-14)12-16-13-8-4-3-5-9-13/h3-5,8-9,15H,1-2,6-7,10-12H2. The van der Waals surface area contributed by atoms with E-state index in [4.69, 9.17) is 0 Å². The highest BCUT2D eigenvalue weighted by Crippen LogP contribution is 2.32. The summed E-state index contributed by atoms with van der Waals surface area (Å²) in [7, 11) is 0. The van der Waals surface area contributed by atoms with Crippen molar-refractivity contribution in [1.29, 1.82) is 0 Å². The second kappa shape index (κ2) is 5.74. The summed E-state index contributed by atoms with van der Waals surface area (Å²) in [5, 5.41) is 10.5. The molecule has 88 valence electrons. The summed E-state index contributed by atoms with van der Waals surface area (Å²) in [6, 6.07) is 10.4. The Labute approximate surface area is 102 Å². The molecule has 1 nitrogen and oxygen atoms in total. The van der Waals surface area contributed by atoms with Crippen LogP contribution in [0.1, 0.15) is 38.5 Å². The fraction of sp³-hybridized carbons (Fsp3) is 0.571. The molecule has 1 N–H and O–H groups in total. The van der Waals surface area contributed by atoms with E-state index in [0.717, 1.165) is 18.6 Å². The van der Waals surface area contributed by atoms with E-state index in [1.807, 2.05) is 6.07 Å². The topological polar surface area (TPSA) is 20.2 Å². The lowest BCUT2D eigenvalue weighted by Gasteiger charge is -2.26. The molecule has 0 bridgehead atoms. The van der Waals surface area contributed by atoms with Gasteiger partial charge in [0.1, 0.15) is 0 Å². The lowest BCUT2D eigenvalue weighted by atomic mass is 9.97. The normalized spacial score (nSPS) is 20.3. The van der Waals surface area contributed by atoms with Crippen LogP contribution in [-0.4, -0.2) is 16.5 Å². The minimum Gasteiger partial charge on any atom is -0.389 e. The van der Waals surface area contributed by atoms with Gasteiger partial charge >= 0.3 is 0 Å². The molecule has 1 fully saturated rings. The summed E-state index contributed by atoms with van der Waals surface area (Å²) >= 11 is 1.79. The molecule has 16 heavy (non-hydrogen) atoms. The maximum absolute atomic E-state index is 10.5. The smallest absolute Gasteiger partial charge is 0.0741 e. The molecule has 0 amide bonds. The van der Waals surface area contributed by atoms with Crippen LogP contribution in [0.25, 0.3) is 0 Å². The van der Waals surface area contributed by atoms with Gasteiger partial charge < -0.3 is 5.11 Å². The highest BCUT2D eigenvalue weighted by Gasteiger charge is 2.27. The largest absolute Gasteiger partial charge is 0.389 e. The van der Waals surface area contributed by atoms with Crippen molar-refractivity contribution in [1.82, 2.24) is 0 Å². The molecule has 1 aliphatic rings. The Bertz CT molecular complexity index is 302. The van der Waals surface area contributed by atoms with Crippen molar-refractivity contribution in [2.24, 2.45) is 0 Å². The van der Waals surface area contributed by atoms with Gasteiger partial charge in [0.05, 0.1) is 5.60 Å². The number of aliphatic hydroxyl groups is 1. The Kier molecular flexibility index (Phi) is 4.30. The van der Waals surface area contributed by atoms with Gasteiger partial charge in [-0.3, -0.25) is 0 Å². The monoisotopic (exact) mass is 236 g/mol. The van der Waals surface area contributed by atoms with Crippen LogP contribution < -0.4 is 0 Å². The number of hydrogen-bond acceptors (Lipinski definition) is 2. The fourth-order valence-electron chi connectivity index (χ4n) is 2.27. The number of hydrogen-bond donors (Lipinski definition) is 1. The summed E-state index contributed by atoms with van der Waals surface area (Å²) in [4.78, 5) is 1.26. The second-order valence-electron chi connectivity index (χ2n) is 4.74. The van der Waals surface area contributed by atoms with Crippen LogP contribution in [0.3, 0.4) is 0 Å². The van der Waals surface area contributed by atoms with Crippen LogP contribution in [-0.2, 0) is 0 Å². The van der Waals surface area contributed by atoms with Crippen LogP contribution in [0.15, 0.2) is 35.2 Å². The van der Waals surface area contributed by atoms with E-state index in [0.29, 0.717) is 0 Å². The molecule has 1 aromatic carbocycles. The lowest BCUT2D eigenvalue weighted by molar-refractivity contribution is 0.0494. The lowest BCUT2D eigenvalue weighted by Crippen LogP contribution is -2.30. The predicted octanol–water partition coefficient (Wildman–Crippen LogP) is 3.86. The molecule has 2 heteroatoms. The van der Waals surface area contributed by atoms with Crippen LogP contribution in [0, 0.1) is 0 Å². The van der Waals surface area contributed by atoms with Crippen LogP contribution in [0.5, 0.6) is 0 Å². The zero-order valence-electron chi connectivity index (χ0n) is 9.69. The Morgan fingerprint density at radius 2 is 1.62 bits per heavy atom. The molecule has 2 rings (SSSR count). The Morgan fingerprint density at radius 3 is 2.25 bits per heavy atom. The van der Waals surface area contributed by atoms with E-state index in [-0.39, 0.29) is 0 Å². The number of rotatable bonds is 3. The van der Waals surface area contributed by atoms with Crippen molar-refractivity contribution >= 4 is 11.8 Å². The molecule has 0 radical (unpaired) electrons. The predicted molar refractivity (Wildman–Crippen MR) is 69.8 cm³/mol. The summed E-state index contributed by atoms with van der Waals surface area (Å²) in [5.74, 6) is 0.844. The van der Waals surface area contributed by atoms with Gasteiger partial charge in [-0.1, -0.05) is 43.9 Å². The molecule has 0 atom stereocenters. The average molecular weight is 236 g/mol. The maximum Gasteiger partial charge on any atom is 0.0741 e. The van der Waals surface area contributed by atoms with Crippen LogP contribution in [0.4, 0.5) is 0 Å². The zero-order valence-corrected chi connectivity index (χ0v) is 10.5. The maximum atomic E-state index is 10.5. The van der Waals surface area contributed by atoms with E-state index < -0.39 is 5.60 Å². The highest BCUT2D eigenvalue weighted by molar-refractivity contribution is 7.99. The van der Waals surface area contributed by atoms with Crippen molar-refractivity contribution in [3.8, 4) is 0 Å². The van der Waals surface area contributed by atoms with Gasteiger partial charge in [0.15, 0.2) is 0 Å². The van der Waals surface area contributed by atoms with E-state index in [1.54, 1.807) is 11.8 Å². The molecule has 1 saturated carbocycles. The first kappa shape index (κ1) is 12.0. The first-order valence-corrected chi connectivity index (χ1v) is 7.17. The highest BCUT2D eigenvalue weighted by atomic mass is 32.2. The molecular formula is C14H20OS. The number of thioether (sulfide) groups is 1. The van der Waals surface area contributed by atoms with Crippen molar-refractivity contribution in [2.45, 2.75) is 49.0 Å². The second-order valence-corrected chi connectivity index (χ2v) is 5.79. The molecule has 1 aromatic rings. The van der Waals surface area contributed by atoms with E-state index >= 15 is 0 Å².